The highest BCUT2D eigenvalue weighted by molar-refractivity contribution is 5.93. The van der Waals surface area contributed by atoms with Crippen molar-refractivity contribution in [3.05, 3.63) is 23.9 Å². The second-order valence-corrected chi connectivity index (χ2v) is 6.02. The average Bonchev–Trinajstić information content (AvgIpc) is 2.92. The number of aryl methyl sites for hydroxylation is 1. The fourth-order valence-corrected chi connectivity index (χ4v) is 2.84. The summed E-state index contributed by atoms with van der Waals surface area (Å²) >= 11 is 0. The number of rotatable bonds is 7. The number of amides is 3. The predicted molar refractivity (Wildman–Crippen MR) is 89.0 cm³/mol. The van der Waals surface area contributed by atoms with E-state index < -0.39 is 6.03 Å². The Balaban J connectivity index is 1.62. The molecule has 1 aliphatic rings. The van der Waals surface area contributed by atoms with Gasteiger partial charge in [-0.25, -0.2) is 9.78 Å². The molecule has 1 aromatic rings. The van der Waals surface area contributed by atoms with Gasteiger partial charge in [0.15, 0.2) is 0 Å². The Bertz CT molecular complexity index is 549. The number of anilines is 1. The van der Waals surface area contributed by atoms with E-state index in [-0.39, 0.29) is 5.91 Å². The molecule has 0 radical (unpaired) electrons. The summed E-state index contributed by atoms with van der Waals surface area (Å²) in [5, 5.41) is 5.48. The summed E-state index contributed by atoms with van der Waals surface area (Å²) in [7, 11) is 0. The van der Waals surface area contributed by atoms with Gasteiger partial charge in [-0.15, -0.1) is 0 Å². The molecule has 1 fully saturated rings. The predicted octanol–water partition coefficient (Wildman–Crippen LogP) is 1.10. The molecular weight excluding hydrogens is 294 g/mol. The molecule has 2 rings (SSSR count). The lowest BCUT2D eigenvalue weighted by Crippen LogP contribution is -2.35. The van der Waals surface area contributed by atoms with Gasteiger partial charge in [-0.2, -0.15) is 0 Å². The summed E-state index contributed by atoms with van der Waals surface area (Å²) in [5.74, 6) is 1.21. The number of nitrogens with two attached hydrogens (primary N) is 1. The Morgan fingerprint density at radius 2 is 2.26 bits per heavy atom. The van der Waals surface area contributed by atoms with Gasteiger partial charge in [0.2, 0.25) is 5.91 Å². The van der Waals surface area contributed by atoms with E-state index in [0.717, 1.165) is 50.5 Å². The van der Waals surface area contributed by atoms with Crippen LogP contribution in [0.25, 0.3) is 0 Å². The third kappa shape index (κ3) is 6.23. The number of nitrogens with zero attached hydrogens (tertiary/aromatic N) is 2. The molecule has 1 atom stereocenters. The fourth-order valence-electron chi connectivity index (χ4n) is 2.84. The van der Waals surface area contributed by atoms with Gasteiger partial charge in [0.05, 0.1) is 0 Å². The van der Waals surface area contributed by atoms with Gasteiger partial charge in [0, 0.05) is 25.2 Å². The first-order valence-corrected chi connectivity index (χ1v) is 8.02. The van der Waals surface area contributed by atoms with E-state index in [9.17, 15) is 9.59 Å². The molecule has 2 heterocycles. The molecule has 0 aliphatic carbocycles. The maximum absolute atomic E-state index is 11.3. The van der Waals surface area contributed by atoms with Crippen LogP contribution in [0, 0.1) is 12.8 Å². The van der Waals surface area contributed by atoms with Crippen LogP contribution in [0.1, 0.15) is 25.0 Å². The van der Waals surface area contributed by atoms with Crippen LogP contribution in [-0.2, 0) is 4.79 Å². The number of primary amides is 1. The lowest BCUT2D eigenvalue weighted by molar-refractivity contribution is -0.120. The van der Waals surface area contributed by atoms with Crippen molar-refractivity contribution in [2.75, 3.05) is 31.5 Å². The van der Waals surface area contributed by atoms with Gasteiger partial charge in [-0.1, -0.05) is 6.07 Å². The zero-order valence-electron chi connectivity index (χ0n) is 13.5. The number of carbonyl (C=O) groups is 2. The summed E-state index contributed by atoms with van der Waals surface area (Å²) in [6, 6.07) is 5.18. The standard InChI is InChI=1S/C16H25N5O2/c1-12-4-2-5-14(19-12)18-10-13-7-9-21(11-13)8-3-6-15(22)20-16(17)23/h2,4-5,13H,3,6-11H2,1H3,(H,18,19)(H3,17,20,22,23)/t13-/m0/s1. The molecule has 0 saturated carbocycles. The molecule has 0 bridgehead atoms. The first kappa shape index (κ1) is 17.2. The van der Waals surface area contributed by atoms with E-state index in [1.807, 2.05) is 25.1 Å². The van der Waals surface area contributed by atoms with Crippen molar-refractivity contribution in [3.63, 3.8) is 0 Å². The zero-order valence-corrected chi connectivity index (χ0v) is 13.5. The number of carbonyl (C=O) groups excluding carboxylic acids is 2. The quantitative estimate of drug-likeness (QED) is 0.699. The Kier molecular flexibility index (Phi) is 6.34. The van der Waals surface area contributed by atoms with Gasteiger partial charge >= 0.3 is 6.03 Å². The minimum absolute atomic E-state index is 0.305. The molecule has 126 valence electrons. The summed E-state index contributed by atoms with van der Waals surface area (Å²) < 4.78 is 0. The minimum atomic E-state index is -0.785. The van der Waals surface area contributed by atoms with Crippen molar-refractivity contribution in [2.45, 2.75) is 26.2 Å². The van der Waals surface area contributed by atoms with Gasteiger partial charge < -0.3 is 16.0 Å². The molecule has 23 heavy (non-hydrogen) atoms. The van der Waals surface area contributed by atoms with Gasteiger partial charge in [0.1, 0.15) is 5.82 Å². The molecule has 4 N–H and O–H groups in total. The topological polar surface area (TPSA) is 100 Å². The monoisotopic (exact) mass is 319 g/mol. The number of likely N-dealkylation sites (tertiary alicyclic amines) is 1. The molecule has 0 spiro atoms. The molecular formula is C16H25N5O2. The number of aromatic nitrogens is 1. The van der Waals surface area contributed by atoms with E-state index in [0.29, 0.717) is 12.3 Å². The second-order valence-electron chi connectivity index (χ2n) is 6.02. The number of pyridine rings is 1. The third-order valence-corrected chi connectivity index (χ3v) is 3.97. The molecule has 1 saturated heterocycles. The van der Waals surface area contributed by atoms with Crippen molar-refractivity contribution in [2.24, 2.45) is 11.7 Å². The highest BCUT2D eigenvalue weighted by Gasteiger charge is 2.22. The van der Waals surface area contributed by atoms with E-state index in [1.165, 1.54) is 0 Å². The molecule has 1 aliphatic heterocycles. The highest BCUT2D eigenvalue weighted by Crippen LogP contribution is 2.17. The minimum Gasteiger partial charge on any atom is -0.370 e. The molecule has 1 aromatic heterocycles. The van der Waals surface area contributed by atoms with Crippen LogP contribution < -0.4 is 16.4 Å². The SMILES string of the molecule is Cc1cccc(NC[C@@H]2CCN(CCCC(=O)NC(N)=O)C2)n1. The van der Waals surface area contributed by atoms with Crippen LogP contribution in [0.2, 0.25) is 0 Å². The van der Waals surface area contributed by atoms with Crippen LogP contribution in [0.15, 0.2) is 18.2 Å². The molecule has 7 nitrogen and oxygen atoms in total. The maximum atomic E-state index is 11.3. The van der Waals surface area contributed by atoms with Crippen molar-refractivity contribution in [1.29, 1.82) is 0 Å². The average molecular weight is 319 g/mol. The first-order chi connectivity index (χ1) is 11.0. The van der Waals surface area contributed by atoms with Gasteiger partial charge in [-0.3, -0.25) is 10.1 Å². The first-order valence-electron chi connectivity index (χ1n) is 8.02. The zero-order chi connectivity index (χ0) is 16.7. The van der Waals surface area contributed by atoms with Gasteiger partial charge in [-0.05, 0) is 50.9 Å². The summed E-state index contributed by atoms with van der Waals surface area (Å²) in [6.45, 7) is 5.83. The number of hydrogen-bond donors (Lipinski definition) is 3. The number of nitrogens with one attached hydrogen (secondary N) is 2. The smallest absolute Gasteiger partial charge is 0.318 e. The molecule has 7 heteroatoms. The van der Waals surface area contributed by atoms with Crippen molar-refractivity contribution < 1.29 is 9.59 Å². The summed E-state index contributed by atoms with van der Waals surface area (Å²) in [6.07, 6.45) is 2.21. The van der Waals surface area contributed by atoms with Crippen LogP contribution in [0.5, 0.6) is 0 Å². The number of urea groups is 1. The number of imide groups is 1. The normalized spacial score (nSPS) is 17.9. The largest absolute Gasteiger partial charge is 0.370 e. The van der Waals surface area contributed by atoms with Crippen LogP contribution in [0.4, 0.5) is 10.6 Å². The number of hydrogen-bond acceptors (Lipinski definition) is 5. The third-order valence-electron chi connectivity index (χ3n) is 3.97. The van der Waals surface area contributed by atoms with E-state index in [4.69, 9.17) is 5.73 Å². The van der Waals surface area contributed by atoms with Crippen molar-refractivity contribution in [1.82, 2.24) is 15.2 Å². The van der Waals surface area contributed by atoms with Crippen molar-refractivity contribution in [3.8, 4) is 0 Å². The maximum Gasteiger partial charge on any atom is 0.318 e. The Morgan fingerprint density at radius 1 is 1.43 bits per heavy atom. The Morgan fingerprint density at radius 3 is 3.00 bits per heavy atom. The highest BCUT2D eigenvalue weighted by atomic mass is 16.2. The molecule has 0 unspecified atom stereocenters. The molecule has 3 amide bonds. The van der Waals surface area contributed by atoms with Gasteiger partial charge in [0.25, 0.3) is 0 Å². The van der Waals surface area contributed by atoms with Crippen molar-refractivity contribution >= 4 is 17.8 Å². The van der Waals surface area contributed by atoms with E-state index >= 15 is 0 Å². The lowest BCUT2D eigenvalue weighted by atomic mass is 10.1. The van der Waals surface area contributed by atoms with Crippen LogP contribution in [0.3, 0.4) is 0 Å². The Labute approximate surface area is 136 Å². The Hall–Kier alpha value is -2.15. The van der Waals surface area contributed by atoms with E-state index in [2.05, 4.69) is 20.5 Å². The van der Waals surface area contributed by atoms with Crippen LogP contribution in [-0.4, -0.2) is 48.0 Å². The second kappa shape index (κ2) is 8.47. The summed E-state index contributed by atoms with van der Waals surface area (Å²) in [4.78, 5) is 28.7. The summed E-state index contributed by atoms with van der Waals surface area (Å²) in [5.41, 5.74) is 5.91. The lowest BCUT2D eigenvalue weighted by Gasteiger charge is -2.16. The molecule has 0 aromatic carbocycles. The fraction of sp³-hybridized carbons (Fsp3) is 0.562. The van der Waals surface area contributed by atoms with Crippen LogP contribution >= 0.6 is 0 Å². The van der Waals surface area contributed by atoms with E-state index in [1.54, 1.807) is 0 Å².